The van der Waals surface area contributed by atoms with Gasteiger partial charge in [0.2, 0.25) is 0 Å². The van der Waals surface area contributed by atoms with E-state index in [1.807, 2.05) is 36.6 Å². The molecule has 0 atom stereocenters. The second kappa shape index (κ2) is 7.23. The predicted octanol–water partition coefficient (Wildman–Crippen LogP) is 3.59. The molecule has 3 aromatic rings. The molecule has 4 nitrogen and oxygen atoms in total. The van der Waals surface area contributed by atoms with Gasteiger partial charge < -0.3 is 4.74 Å². The highest BCUT2D eigenvalue weighted by molar-refractivity contribution is 7.17. The standard InChI is InChI=1S/C18H19FN2O2S/c1-12-3-5-13(6-4-12)14-11-24-17-16(14)18(22)21(9-8-19)15(20-17)7-10-23-2/h3-6,11H,7-10H2,1-2H3. The molecule has 0 saturated heterocycles. The van der Waals surface area contributed by atoms with Crippen molar-refractivity contribution in [3.8, 4) is 11.1 Å². The largest absolute Gasteiger partial charge is 0.384 e. The molecule has 6 heteroatoms. The van der Waals surface area contributed by atoms with Crippen LogP contribution in [0.3, 0.4) is 0 Å². The number of aryl methyl sites for hydroxylation is 1. The number of hydrogen-bond acceptors (Lipinski definition) is 4. The van der Waals surface area contributed by atoms with E-state index in [0.29, 0.717) is 29.1 Å². The van der Waals surface area contributed by atoms with E-state index in [-0.39, 0.29) is 12.1 Å². The van der Waals surface area contributed by atoms with Gasteiger partial charge in [0.05, 0.1) is 18.5 Å². The van der Waals surface area contributed by atoms with E-state index >= 15 is 0 Å². The molecule has 126 valence electrons. The van der Waals surface area contributed by atoms with Gasteiger partial charge in [-0.15, -0.1) is 11.3 Å². The first-order chi connectivity index (χ1) is 11.7. The first-order valence-corrected chi connectivity index (χ1v) is 8.66. The fourth-order valence-corrected chi connectivity index (χ4v) is 3.67. The number of hydrogen-bond donors (Lipinski definition) is 0. The summed E-state index contributed by atoms with van der Waals surface area (Å²) in [7, 11) is 1.59. The molecule has 0 amide bonds. The van der Waals surface area contributed by atoms with E-state index in [2.05, 4.69) is 4.98 Å². The molecule has 0 aliphatic heterocycles. The SMILES string of the molecule is COCCc1nc2scc(-c3ccc(C)cc3)c2c(=O)n1CCF. The number of benzene rings is 1. The lowest BCUT2D eigenvalue weighted by Crippen LogP contribution is -2.26. The zero-order valence-corrected chi connectivity index (χ0v) is 14.5. The predicted molar refractivity (Wildman–Crippen MR) is 95.6 cm³/mol. The Morgan fingerprint density at radius 1 is 1.29 bits per heavy atom. The van der Waals surface area contributed by atoms with Crippen molar-refractivity contribution in [1.82, 2.24) is 9.55 Å². The zero-order chi connectivity index (χ0) is 17.1. The molecule has 0 radical (unpaired) electrons. The molecule has 0 spiro atoms. The molecule has 0 fully saturated rings. The van der Waals surface area contributed by atoms with Crippen LogP contribution in [0.4, 0.5) is 4.39 Å². The monoisotopic (exact) mass is 346 g/mol. The maximum Gasteiger partial charge on any atom is 0.262 e. The first kappa shape index (κ1) is 16.8. The molecular weight excluding hydrogens is 327 g/mol. The number of methoxy groups -OCH3 is 1. The highest BCUT2D eigenvalue weighted by Gasteiger charge is 2.16. The average Bonchev–Trinajstić information content (AvgIpc) is 3.00. The highest BCUT2D eigenvalue weighted by atomic mass is 32.1. The number of halogens is 1. The number of ether oxygens (including phenoxy) is 1. The van der Waals surface area contributed by atoms with Gasteiger partial charge in [0.15, 0.2) is 0 Å². The van der Waals surface area contributed by atoms with Crippen molar-refractivity contribution in [3.05, 3.63) is 51.4 Å². The molecule has 0 N–H and O–H groups in total. The van der Waals surface area contributed by atoms with Gasteiger partial charge in [0.25, 0.3) is 5.56 Å². The zero-order valence-electron chi connectivity index (χ0n) is 13.7. The van der Waals surface area contributed by atoms with Crippen LogP contribution >= 0.6 is 11.3 Å². The van der Waals surface area contributed by atoms with Crippen LogP contribution in [0, 0.1) is 6.92 Å². The van der Waals surface area contributed by atoms with Crippen molar-refractivity contribution in [1.29, 1.82) is 0 Å². The van der Waals surface area contributed by atoms with Crippen LogP contribution in [0.25, 0.3) is 21.3 Å². The average molecular weight is 346 g/mol. The van der Waals surface area contributed by atoms with Crippen molar-refractivity contribution < 1.29 is 9.13 Å². The van der Waals surface area contributed by atoms with Crippen molar-refractivity contribution in [2.75, 3.05) is 20.4 Å². The van der Waals surface area contributed by atoms with Crippen molar-refractivity contribution in [3.63, 3.8) is 0 Å². The van der Waals surface area contributed by atoms with E-state index < -0.39 is 6.67 Å². The van der Waals surface area contributed by atoms with Crippen LogP contribution in [0.2, 0.25) is 0 Å². The molecule has 0 saturated carbocycles. The quantitative estimate of drug-likeness (QED) is 0.685. The van der Waals surface area contributed by atoms with Gasteiger partial charge >= 0.3 is 0 Å². The molecule has 3 rings (SSSR count). The minimum Gasteiger partial charge on any atom is -0.384 e. The van der Waals surface area contributed by atoms with E-state index in [1.165, 1.54) is 15.9 Å². The Morgan fingerprint density at radius 3 is 2.71 bits per heavy atom. The number of rotatable bonds is 6. The number of nitrogens with zero attached hydrogens (tertiary/aromatic N) is 2. The Morgan fingerprint density at radius 2 is 2.04 bits per heavy atom. The number of fused-ring (bicyclic) bond motifs is 1. The maximum atomic E-state index is 12.9. The summed E-state index contributed by atoms with van der Waals surface area (Å²) in [5.74, 6) is 0.573. The van der Waals surface area contributed by atoms with E-state index in [4.69, 9.17) is 4.74 Å². The number of thiophene rings is 1. The van der Waals surface area contributed by atoms with Gasteiger partial charge in [-0.2, -0.15) is 0 Å². The molecule has 1 aromatic carbocycles. The summed E-state index contributed by atoms with van der Waals surface area (Å²) in [6, 6.07) is 8.02. The summed E-state index contributed by atoms with van der Waals surface area (Å²) in [6.45, 7) is 1.88. The van der Waals surface area contributed by atoms with Crippen molar-refractivity contribution in [2.45, 2.75) is 19.9 Å². The lowest BCUT2D eigenvalue weighted by Gasteiger charge is -2.11. The Bertz CT molecular complexity index is 900. The highest BCUT2D eigenvalue weighted by Crippen LogP contribution is 2.31. The second-order valence-electron chi connectivity index (χ2n) is 5.61. The Kier molecular flexibility index (Phi) is 5.06. The van der Waals surface area contributed by atoms with Gasteiger partial charge in [-0.3, -0.25) is 9.36 Å². The molecule has 2 heterocycles. The third-order valence-corrected chi connectivity index (χ3v) is 4.85. The fourth-order valence-electron chi connectivity index (χ4n) is 2.71. The van der Waals surface area contributed by atoms with Crippen LogP contribution < -0.4 is 5.56 Å². The second-order valence-corrected chi connectivity index (χ2v) is 6.47. The lowest BCUT2D eigenvalue weighted by atomic mass is 10.0. The molecule has 0 bridgehead atoms. The van der Waals surface area contributed by atoms with Crippen LogP contribution in [-0.4, -0.2) is 29.9 Å². The fraction of sp³-hybridized carbons (Fsp3) is 0.333. The number of aromatic nitrogens is 2. The van der Waals surface area contributed by atoms with Gasteiger partial charge in [0, 0.05) is 24.5 Å². The molecular formula is C18H19FN2O2S. The molecule has 24 heavy (non-hydrogen) atoms. The summed E-state index contributed by atoms with van der Waals surface area (Å²) < 4.78 is 19.4. The van der Waals surface area contributed by atoms with Gasteiger partial charge in [0.1, 0.15) is 17.3 Å². The first-order valence-electron chi connectivity index (χ1n) is 7.78. The molecule has 2 aromatic heterocycles. The third kappa shape index (κ3) is 3.12. The summed E-state index contributed by atoms with van der Waals surface area (Å²) >= 11 is 1.44. The Hall–Kier alpha value is -2.05. The van der Waals surface area contributed by atoms with E-state index in [0.717, 1.165) is 16.7 Å². The molecule has 0 aliphatic carbocycles. The van der Waals surface area contributed by atoms with Crippen LogP contribution in [0.15, 0.2) is 34.4 Å². The summed E-state index contributed by atoms with van der Waals surface area (Å²) in [6.07, 6.45) is 0.486. The topological polar surface area (TPSA) is 44.1 Å². The Balaban J connectivity index is 2.19. The van der Waals surface area contributed by atoms with E-state index in [1.54, 1.807) is 7.11 Å². The third-order valence-electron chi connectivity index (χ3n) is 3.97. The van der Waals surface area contributed by atoms with Crippen molar-refractivity contribution in [2.24, 2.45) is 0 Å². The van der Waals surface area contributed by atoms with Gasteiger partial charge in [-0.25, -0.2) is 9.37 Å². The minimum absolute atomic E-state index is 0.0179. The smallest absolute Gasteiger partial charge is 0.262 e. The minimum atomic E-state index is -0.600. The van der Waals surface area contributed by atoms with Gasteiger partial charge in [-0.1, -0.05) is 29.8 Å². The Labute approximate surface area is 143 Å². The van der Waals surface area contributed by atoms with Gasteiger partial charge in [-0.05, 0) is 12.5 Å². The molecule has 0 aliphatic rings. The van der Waals surface area contributed by atoms with Crippen LogP contribution in [0.1, 0.15) is 11.4 Å². The van der Waals surface area contributed by atoms with E-state index in [9.17, 15) is 9.18 Å². The summed E-state index contributed by atoms with van der Waals surface area (Å²) in [5.41, 5.74) is 2.81. The number of alkyl halides is 1. The molecule has 0 unspecified atom stereocenters. The lowest BCUT2D eigenvalue weighted by molar-refractivity contribution is 0.199. The van der Waals surface area contributed by atoms with Crippen LogP contribution in [0.5, 0.6) is 0 Å². The summed E-state index contributed by atoms with van der Waals surface area (Å²) in [5, 5.41) is 2.52. The van der Waals surface area contributed by atoms with Crippen LogP contribution in [-0.2, 0) is 17.7 Å². The maximum absolute atomic E-state index is 12.9. The summed E-state index contributed by atoms with van der Waals surface area (Å²) in [4.78, 5) is 18.2. The van der Waals surface area contributed by atoms with Crippen molar-refractivity contribution >= 4 is 21.6 Å². The normalized spacial score (nSPS) is 11.3.